The van der Waals surface area contributed by atoms with Gasteiger partial charge in [0.05, 0.1) is 5.69 Å². The van der Waals surface area contributed by atoms with Crippen LogP contribution in [0, 0.1) is 12.7 Å². The summed E-state index contributed by atoms with van der Waals surface area (Å²) in [5.74, 6) is -0.259. The quantitative estimate of drug-likeness (QED) is 0.652. The van der Waals surface area contributed by atoms with Crippen LogP contribution in [0.25, 0.3) is 5.69 Å². The van der Waals surface area contributed by atoms with E-state index in [2.05, 4.69) is 5.10 Å². The van der Waals surface area contributed by atoms with Gasteiger partial charge in [0.25, 0.3) is 0 Å². The zero-order chi connectivity index (χ0) is 9.26. The normalized spacial score (nSPS) is 10.3. The van der Waals surface area contributed by atoms with E-state index in [4.69, 9.17) is 0 Å². The molecule has 3 heteroatoms. The Kier molecular flexibility index (Phi) is 1.85. The van der Waals surface area contributed by atoms with E-state index in [0.29, 0.717) is 5.69 Å². The Balaban J connectivity index is 2.52. The van der Waals surface area contributed by atoms with E-state index < -0.39 is 0 Å². The minimum absolute atomic E-state index is 0.259. The molecule has 0 radical (unpaired) electrons. The van der Waals surface area contributed by atoms with E-state index in [0.717, 1.165) is 5.69 Å². The molecule has 0 spiro atoms. The molecule has 0 atom stereocenters. The van der Waals surface area contributed by atoms with Crippen molar-refractivity contribution < 1.29 is 4.39 Å². The molecule has 2 nitrogen and oxygen atoms in total. The Morgan fingerprint density at radius 1 is 1.23 bits per heavy atom. The summed E-state index contributed by atoms with van der Waals surface area (Å²) in [6.45, 7) is 1.87. The molecule has 0 aliphatic heterocycles. The van der Waals surface area contributed by atoms with Crippen LogP contribution in [0.15, 0.2) is 36.5 Å². The van der Waals surface area contributed by atoms with Crippen LogP contribution in [-0.4, -0.2) is 9.78 Å². The number of rotatable bonds is 1. The Labute approximate surface area is 75.6 Å². The minimum Gasteiger partial charge on any atom is -0.238 e. The fourth-order valence-corrected chi connectivity index (χ4v) is 1.19. The van der Waals surface area contributed by atoms with E-state index in [-0.39, 0.29) is 5.82 Å². The first-order valence-corrected chi connectivity index (χ1v) is 4.04. The second kappa shape index (κ2) is 3.01. The molecule has 0 fully saturated rings. The summed E-state index contributed by atoms with van der Waals surface area (Å²) < 4.78 is 14.8. The monoisotopic (exact) mass is 176 g/mol. The Morgan fingerprint density at radius 3 is 2.62 bits per heavy atom. The lowest BCUT2D eigenvalue weighted by atomic mass is 10.3. The van der Waals surface area contributed by atoms with Gasteiger partial charge in [-0.3, -0.25) is 0 Å². The van der Waals surface area contributed by atoms with Crippen LogP contribution < -0.4 is 0 Å². The Hall–Kier alpha value is -1.64. The highest BCUT2D eigenvalue weighted by Gasteiger charge is 2.02. The fourth-order valence-electron chi connectivity index (χ4n) is 1.19. The predicted molar refractivity (Wildman–Crippen MR) is 48.3 cm³/mol. The molecule has 0 aliphatic carbocycles. The van der Waals surface area contributed by atoms with Gasteiger partial charge in [0.2, 0.25) is 0 Å². The number of aryl methyl sites for hydroxylation is 1. The number of para-hydroxylation sites is 1. The van der Waals surface area contributed by atoms with Crippen LogP contribution in [0.2, 0.25) is 0 Å². The van der Waals surface area contributed by atoms with Crippen molar-refractivity contribution in [1.82, 2.24) is 9.78 Å². The number of halogens is 1. The van der Waals surface area contributed by atoms with Crippen molar-refractivity contribution in [2.24, 2.45) is 0 Å². The molecular formula is C10H9FN2. The first-order chi connectivity index (χ1) is 6.27. The van der Waals surface area contributed by atoms with Crippen molar-refractivity contribution >= 4 is 0 Å². The number of hydrogen-bond donors (Lipinski definition) is 0. The van der Waals surface area contributed by atoms with Gasteiger partial charge in [-0.1, -0.05) is 12.1 Å². The highest BCUT2D eigenvalue weighted by atomic mass is 19.1. The number of nitrogens with zero attached hydrogens (tertiary/aromatic N) is 2. The summed E-state index contributed by atoms with van der Waals surface area (Å²) in [5.41, 5.74) is 1.36. The van der Waals surface area contributed by atoms with Crippen molar-refractivity contribution in [3.63, 3.8) is 0 Å². The van der Waals surface area contributed by atoms with Crippen molar-refractivity contribution in [3.05, 3.63) is 48.0 Å². The molecule has 0 saturated heterocycles. The van der Waals surface area contributed by atoms with E-state index in [1.54, 1.807) is 24.4 Å². The highest BCUT2D eigenvalue weighted by molar-refractivity contribution is 5.32. The molecule has 0 aliphatic rings. The van der Waals surface area contributed by atoms with Gasteiger partial charge in [-0.15, -0.1) is 0 Å². The van der Waals surface area contributed by atoms with Gasteiger partial charge in [-0.2, -0.15) is 5.10 Å². The Bertz CT molecular complexity index is 420. The summed E-state index contributed by atoms with van der Waals surface area (Å²) in [4.78, 5) is 0. The molecule has 0 N–H and O–H groups in total. The van der Waals surface area contributed by atoms with Crippen LogP contribution in [0.1, 0.15) is 5.69 Å². The molecule has 0 saturated carbocycles. The summed E-state index contributed by atoms with van der Waals surface area (Å²) >= 11 is 0. The van der Waals surface area contributed by atoms with Gasteiger partial charge >= 0.3 is 0 Å². The zero-order valence-electron chi connectivity index (χ0n) is 7.24. The second-order valence-electron chi connectivity index (χ2n) is 2.85. The Morgan fingerprint density at radius 2 is 2.00 bits per heavy atom. The van der Waals surface area contributed by atoms with E-state index in [1.807, 2.05) is 13.0 Å². The first-order valence-electron chi connectivity index (χ1n) is 4.04. The maximum atomic E-state index is 13.2. The molecule has 1 aromatic carbocycles. The SMILES string of the molecule is Cc1ccn(-c2ccccc2F)n1. The molecule has 2 rings (SSSR count). The summed E-state index contributed by atoms with van der Waals surface area (Å²) in [6.07, 6.45) is 1.74. The third-order valence-corrected chi connectivity index (χ3v) is 1.82. The first kappa shape index (κ1) is 7.98. The van der Waals surface area contributed by atoms with E-state index >= 15 is 0 Å². The average Bonchev–Trinajstić information content (AvgIpc) is 2.53. The topological polar surface area (TPSA) is 17.8 Å². The third kappa shape index (κ3) is 1.45. The number of hydrogen-bond acceptors (Lipinski definition) is 1. The van der Waals surface area contributed by atoms with Crippen LogP contribution in [-0.2, 0) is 0 Å². The maximum Gasteiger partial charge on any atom is 0.148 e. The molecular weight excluding hydrogens is 167 g/mol. The second-order valence-corrected chi connectivity index (χ2v) is 2.85. The largest absolute Gasteiger partial charge is 0.238 e. The maximum absolute atomic E-state index is 13.2. The van der Waals surface area contributed by atoms with Gasteiger partial charge in [0, 0.05) is 6.20 Å². The molecule has 13 heavy (non-hydrogen) atoms. The summed E-state index contributed by atoms with van der Waals surface area (Å²) in [7, 11) is 0. The van der Waals surface area contributed by atoms with Crippen LogP contribution in [0.4, 0.5) is 4.39 Å². The third-order valence-electron chi connectivity index (χ3n) is 1.82. The molecule has 66 valence electrons. The van der Waals surface area contributed by atoms with Gasteiger partial charge in [-0.05, 0) is 25.1 Å². The smallest absolute Gasteiger partial charge is 0.148 e. The van der Waals surface area contributed by atoms with Gasteiger partial charge in [0.15, 0.2) is 0 Å². The van der Waals surface area contributed by atoms with Gasteiger partial charge in [-0.25, -0.2) is 9.07 Å². The average molecular weight is 176 g/mol. The van der Waals surface area contributed by atoms with Crippen molar-refractivity contribution in [2.45, 2.75) is 6.92 Å². The molecule has 0 unspecified atom stereocenters. The molecule has 2 aromatic rings. The fraction of sp³-hybridized carbons (Fsp3) is 0.100. The minimum atomic E-state index is -0.259. The zero-order valence-corrected chi connectivity index (χ0v) is 7.24. The lowest BCUT2D eigenvalue weighted by Crippen LogP contribution is -1.97. The lowest BCUT2D eigenvalue weighted by molar-refractivity contribution is 0.610. The van der Waals surface area contributed by atoms with Crippen molar-refractivity contribution in [3.8, 4) is 5.69 Å². The highest BCUT2D eigenvalue weighted by Crippen LogP contribution is 2.11. The van der Waals surface area contributed by atoms with E-state index in [1.165, 1.54) is 10.7 Å². The molecule has 0 bridgehead atoms. The van der Waals surface area contributed by atoms with Gasteiger partial charge < -0.3 is 0 Å². The van der Waals surface area contributed by atoms with Crippen LogP contribution in [0.3, 0.4) is 0 Å². The summed E-state index contributed by atoms with van der Waals surface area (Å²) in [5, 5.41) is 4.12. The van der Waals surface area contributed by atoms with Crippen LogP contribution >= 0.6 is 0 Å². The van der Waals surface area contributed by atoms with Gasteiger partial charge in [0.1, 0.15) is 11.5 Å². The van der Waals surface area contributed by atoms with Crippen LogP contribution in [0.5, 0.6) is 0 Å². The molecule has 1 aromatic heterocycles. The van der Waals surface area contributed by atoms with Crippen molar-refractivity contribution in [1.29, 1.82) is 0 Å². The van der Waals surface area contributed by atoms with E-state index in [9.17, 15) is 4.39 Å². The molecule has 0 amide bonds. The molecule has 1 heterocycles. The standard InChI is InChI=1S/C10H9FN2/c1-8-6-7-13(12-8)10-5-3-2-4-9(10)11/h2-7H,1H3. The number of aromatic nitrogens is 2. The predicted octanol–water partition coefficient (Wildman–Crippen LogP) is 2.32. The lowest BCUT2D eigenvalue weighted by Gasteiger charge is -2.01. The van der Waals surface area contributed by atoms with Crippen molar-refractivity contribution in [2.75, 3.05) is 0 Å². The summed E-state index contributed by atoms with van der Waals surface area (Å²) in [6, 6.07) is 8.41. The number of benzene rings is 1.